The molecule has 0 aliphatic heterocycles. The molecular formula is C18H28N2O4. The van der Waals surface area contributed by atoms with Crippen LogP contribution in [0, 0.1) is 6.92 Å². The molecule has 0 radical (unpaired) electrons. The summed E-state index contributed by atoms with van der Waals surface area (Å²) in [6.45, 7) is 10.7. The van der Waals surface area contributed by atoms with Gasteiger partial charge in [0.25, 0.3) is 0 Å². The van der Waals surface area contributed by atoms with Gasteiger partial charge in [-0.3, -0.25) is 4.79 Å². The van der Waals surface area contributed by atoms with E-state index in [2.05, 4.69) is 37.5 Å². The molecule has 1 rings (SSSR count). The van der Waals surface area contributed by atoms with Gasteiger partial charge < -0.3 is 20.1 Å². The lowest BCUT2D eigenvalue weighted by molar-refractivity contribution is -0.142. The van der Waals surface area contributed by atoms with Crippen LogP contribution in [0.15, 0.2) is 18.2 Å². The van der Waals surface area contributed by atoms with E-state index in [0.717, 1.165) is 16.9 Å². The van der Waals surface area contributed by atoms with E-state index in [9.17, 15) is 9.59 Å². The molecule has 0 aliphatic carbocycles. The van der Waals surface area contributed by atoms with Crippen LogP contribution < -0.4 is 15.4 Å². The number of amides is 2. The minimum absolute atomic E-state index is 0.0523. The Kier molecular flexibility index (Phi) is 7.55. The van der Waals surface area contributed by atoms with E-state index in [1.807, 2.05) is 19.1 Å². The van der Waals surface area contributed by atoms with Crippen molar-refractivity contribution >= 4 is 12.0 Å². The van der Waals surface area contributed by atoms with Crippen LogP contribution in [-0.2, 0) is 14.9 Å². The molecule has 24 heavy (non-hydrogen) atoms. The molecule has 2 amide bonds. The van der Waals surface area contributed by atoms with Crippen LogP contribution in [0.2, 0.25) is 0 Å². The SMILES string of the molecule is CCOC(=O)CCNC(=O)NCOc1ccc(C)cc1C(C)(C)C. The molecule has 134 valence electrons. The minimum atomic E-state index is -0.385. The maximum Gasteiger partial charge on any atom is 0.317 e. The Morgan fingerprint density at radius 3 is 2.50 bits per heavy atom. The molecule has 1 aromatic rings. The maximum absolute atomic E-state index is 11.7. The normalized spacial score (nSPS) is 10.9. The number of hydrogen-bond acceptors (Lipinski definition) is 4. The molecule has 1 aromatic carbocycles. The summed E-state index contributed by atoms with van der Waals surface area (Å²) in [5.74, 6) is 0.420. The Morgan fingerprint density at radius 2 is 1.88 bits per heavy atom. The minimum Gasteiger partial charge on any atom is -0.473 e. The molecule has 0 heterocycles. The quantitative estimate of drug-likeness (QED) is 0.593. The van der Waals surface area contributed by atoms with E-state index in [1.165, 1.54) is 0 Å². The van der Waals surface area contributed by atoms with E-state index < -0.39 is 0 Å². The van der Waals surface area contributed by atoms with Gasteiger partial charge in [-0.2, -0.15) is 0 Å². The zero-order valence-electron chi connectivity index (χ0n) is 15.2. The third-order valence-electron chi connectivity index (χ3n) is 3.32. The Morgan fingerprint density at radius 1 is 1.17 bits per heavy atom. The molecule has 0 bridgehead atoms. The molecule has 0 saturated heterocycles. The largest absolute Gasteiger partial charge is 0.473 e. The third-order valence-corrected chi connectivity index (χ3v) is 3.32. The number of esters is 1. The highest BCUT2D eigenvalue weighted by Crippen LogP contribution is 2.31. The highest BCUT2D eigenvalue weighted by molar-refractivity contribution is 5.75. The van der Waals surface area contributed by atoms with Crippen LogP contribution in [0.5, 0.6) is 5.75 Å². The monoisotopic (exact) mass is 336 g/mol. The van der Waals surface area contributed by atoms with Gasteiger partial charge in [-0.15, -0.1) is 0 Å². The Labute approximate surface area is 143 Å². The van der Waals surface area contributed by atoms with Crippen molar-refractivity contribution in [3.05, 3.63) is 29.3 Å². The topological polar surface area (TPSA) is 76.7 Å². The van der Waals surface area contributed by atoms with Gasteiger partial charge in [-0.1, -0.05) is 38.5 Å². The van der Waals surface area contributed by atoms with E-state index >= 15 is 0 Å². The van der Waals surface area contributed by atoms with Crippen molar-refractivity contribution < 1.29 is 19.1 Å². The average Bonchev–Trinajstić information content (AvgIpc) is 2.48. The first-order chi connectivity index (χ1) is 11.2. The number of aryl methyl sites for hydroxylation is 1. The van der Waals surface area contributed by atoms with E-state index in [4.69, 9.17) is 9.47 Å². The molecule has 0 unspecified atom stereocenters. The van der Waals surface area contributed by atoms with Crippen LogP contribution >= 0.6 is 0 Å². The summed E-state index contributed by atoms with van der Waals surface area (Å²) in [6, 6.07) is 5.60. The smallest absolute Gasteiger partial charge is 0.317 e. The molecule has 0 aromatic heterocycles. The predicted octanol–water partition coefficient (Wildman–Crippen LogP) is 2.88. The lowest BCUT2D eigenvalue weighted by Gasteiger charge is -2.23. The fourth-order valence-corrected chi connectivity index (χ4v) is 2.11. The third kappa shape index (κ3) is 6.89. The summed E-state index contributed by atoms with van der Waals surface area (Å²) in [4.78, 5) is 22.8. The number of ether oxygens (including phenoxy) is 2. The van der Waals surface area contributed by atoms with Crippen LogP contribution in [0.3, 0.4) is 0 Å². The standard InChI is InChI=1S/C18H28N2O4/c1-6-23-16(21)9-10-19-17(22)20-12-24-15-8-7-13(2)11-14(15)18(3,4)5/h7-8,11H,6,9-10,12H2,1-5H3,(H2,19,20,22). The van der Waals surface area contributed by atoms with Crippen LogP contribution in [0.25, 0.3) is 0 Å². The maximum atomic E-state index is 11.7. The predicted molar refractivity (Wildman–Crippen MR) is 93.2 cm³/mol. The van der Waals surface area contributed by atoms with Crippen molar-refractivity contribution in [2.24, 2.45) is 0 Å². The van der Waals surface area contributed by atoms with Gasteiger partial charge in [0.1, 0.15) is 5.75 Å². The van der Waals surface area contributed by atoms with Crippen molar-refractivity contribution in [3.8, 4) is 5.75 Å². The lowest BCUT2D eigenvalue weighted by Crippen LogP contribution is -2.38. The first-order valence-electron chi connectivity index (χ1n) is 8.15. The van der Waals surface area contributed by atoms with E-state index in [-0.39, 0.29) is 37.1 Å². The second kappa shape index (κ2) is 9.15. The van der Waals surface area contributed by atoms with Gasteiger partial charge in [0.2, 0.25) is 0 Å². The number of nitrogens with one attached hydrogen (secondary N) is 2. The second-order valence-electron chi connectivity index (χ2n) is 6.53. The molecular weight excluding hydrogens is 308 g/mol. The van der Waals surface area contributed by atoms with Crippen LogP contribution in [-0.4, -0.2) is 31.9 Å². The molecule has 0 spiro atoms. The number of urea groups is 1. The average molecular weight is 336 g/mol. The van der Waals surface area contributed by atoms with Gasteiger partial charge >= 0.3 is 12.0 Å². The molecule has 2 N–H and O–H groups in total. The van der Waals surface area contributed by atoms with E-state index in [0.29, 0.717) is 6.61 Å². The summed E-state index contributed by atoms with van der Waals surface area (Å²) in [5, 5.41) is 5.19. The summed E-state index contributed by atoms with van der Waals surface area (Å²) in [7, 11) is 0. The molecule has 6 nitrogen and oxygen atoms in total. The molecule has 0 fully saturated rings. The molecule has 0 aliphatic rings. The van der Waals surface area contributed by atoms with E-state index in [1.54, 1.807) is 6.92 Å². The van der Waals surface area contributed by atoms with Crippen LogP contribution in [0.4, 0.5) is 4.79 Å². The zero-order valence-corrected chi connectivity index (χ0v) is 15.2. The van der Waals surface area contributed by atoms with Crippen molar-refractivity contribution in [3.63, 3.8) is 0 Å². The number of hydrogen-bond donors (Lipinski definition) is 2. The Balaban J connectivity index is 2.42. The number of carbonyl (C=O) groups excluding carboxylic acids is 2. The molecule has 0 atom stereocenters. The van der Waals surface area contributed by atoms with Gasteiger partial charge in [0.15, 0.2) is 6.73 Å². The van der Waals surface area contributed by atoms with Crippen molar-refractivity contribution in [1.82, 2.24) is 10.6 Å². The summed E-state index contributed by atoms with van der Waals surface area (Å²) in [5.41, 5.74) is 2.20. The first kappa shape index (κ1) is 19.8. The summed E-state index contributed by atoms with van der Waals surface area (Å²) < 4.78 is 10.5. The van der Waals surface area contributed by atoms with Gasteiger partial charge in [0.05, 0.1) is 13.0 Å². The van der Waals surface area contributed by atoms with Crippen LogP contribution in [0.1, 0.15) is 45.2 Å². The highest BCUT2D eigenvalue weighted by Gasteiger charge is 2.19. The lowest BCUT2D eigenvalue weighted by atomic mass is 9.85. The number of carbonyl (C=O) groups is 2. The van der Waals surface area contributed by atoms with Crippen molar-refractivity contribution in [2.75, 3.05) is 19.9 Å². The Bertz CT molecular complexity index is 565. The van der Waals surface area contributed by atoms with Gasteiger partial charge in [0, 0.05) is 6.54 Å². The molecule has 6 heteroatoms. The van der Waals surface area contributed by atoms with Crippen molar-refractivity contribution in [1.29, 1.82) is 0 Å². The highest BCUT2D eigenvalue weighted by atomic mass is 16.5. The van der Waals surface area contributed by atoms with Crippen molar-refractivity contribution in [2.45, 2.75) is 46.5 Å². The summed E-state index contributed by atoms with van der Waals surface area (Å²) in [6.07, 6.45) is 0.147. The fraction of sp³-hybridized carbons (Fsp3) is 0.556. The first-order valence-corrected chi connectivity index (χ1v) is 8.15. The summed E-state index contributed by atoms with van der Waals surface area (Å²) >= 11 is 0. The molecule has 0 saturated carbocycles. The van der Waals surface area contributed by atoms with Gasteiger partial charge in [-0.25, -0.2) is 4.79 Å². The zero-order chi connectivity index (χ0) is 18.2. The number of benzene rings is 1. The Hall–Kier alpha value is -2.24. The second-order valence-corrected chi connectivity index (χ2v) is 6.53. The van der Waals surface area contributed by atoms with Gasteiger partial charge in [-0.05, 0) is 30.9 Å². The fourth-order valence-electron chi connectivity index (χ4n) is 2.11. The number of rotatable bonds is 7.